The molecule has 0 aromatic carbocycles. The van der Waals surface area contributed by atoms with Gasteiger partial charge in [-0.15, -0.1) is 0 Å². The molecule has 2 heteroatoms. The predicted molar refractivity (Wildman–Crippen MR) is 73.3 cm³/mol. The minimum Gasteiger partial charge on any atom is -0.481 e. The van der Waals surface area contributed by atoms with Crippen LogP contribution < -0.4 is 0 Å². The summed E-state index contributed by atoms with van der Waals surface area (Å²) in [5, 5.41) is 8.96. The van der Waals surface area contributed by atoms with E-state index in [0.29, 0.717) is 0 Å². The number of rotatable bonds is 11. The van der Waals surface area contributed by atoms with Crippen molar-refractivity contribution in [3.8, 4) is 0 Å². The Kier molecular flexibility index (Phi) is 9.20. The Morgan fingerprint density at radius 2 is 1.29 bits per heavy atom. The highest BCUT2D eigenvalue weighted by Crippen LogP contribution is 2.24. The van der Waals surface area contributed by atoms with E-state index in [1.54, 1.807) is 0 Å². The summed E-state index contributed by atoms with van der Waals surface area (Å²) < 4.78 is 0. The van der Waals surface area contributed by atoms with Gasteiger partial charge < -0.3 is 5.11 Å². The quantitative estimate of drug-likeness (QED) is 0.517. The third kappa shape index (κ3) is 9.20. The summed E-state index contributed by atoms with van der Waals surface area (Å²) in [7, 11) is 0. The smallest absolute Gasteiger partial charge is 0.309 e. The molecule has 0 fully saturated rings. The molecule has 0 atom stereocenters. The van der Waals surface area contributed by atoms with Gasteiger partial charge in [-0.2, -0.15) is 0 Å². The first kappa shape index (κ1) is 16.5. The lowest BCUT2D eigenvalue weighted by atomic mass is 9.87. The monoisotopic (exact) mass is 242 g/mol. The maximum Gasteiger partial charge on any atom is 0.309 e. The molecule has 102 valence electrons. The molecule has 0 rings (SSSR count). The van der Waals surface area contributed by atoms with Crippen molar-refractivity contribution < 1.29 is 9.90 Å². The van der Waals surface area contributed by atoms with Crippen LogP contribution in [0, 0.1) is 5.41 Å². The zero-order valence-electron chi connectivity index (χ0n) is 11.9. The van der Waals surface area contributed by atoms with Gasteiger partial charge in [-0.3, -0.25) is 4.79 Å². The fraction of sp³-hybridized carbons (Fsp3) is 0.933. The lowest BCUT2D eigenvalue weighted by molar-refractivity contribution is -0.147. The molecule has 2 nitrogen and oxygen atoms in total. The van der Waals surface area contributed by atoms with Gasteiger partial charge in [0.15, 0.2) is 0 Å². The summed E-state index contributed by atoms with van der Waals surface area (Å²) in [6.07, 6.45) is 12.4. The first-order chi connectivity index (χ1) is 8.00. The number of aliphatic carboxylic acids is 1. The molecule has 0 radical (unpaired) electrons. The fourth-order valence-corrected chi connectivity index (χ4v) is 1.98. The van der Waals surface area contributed by atoms with Crippen molar-refractivity contribution in [2.45, 2.75) is 85.0 Å². The third-order valence-electron chi connectivity index (χ3n) is 3.48. The van der Waals surface area contributed by atoms with Crippen LogP contribution in [0.25, 0.3) is 0 Å². The summed E-state index contributed by atoms with van der Waals surface area (Å²) in [5.41, 5.74) is -0.541. The highest BCUT2D eigenvalue weighted by Gasteiger charge is 2.25. The maximum absolute atomic E-state index is 10.9. The average molecular weight is 242 g/mol. The summed E-state index contributed by atoms with van der Waals surface area (Å²) in [6.45, 7) is 5.88. The highest BCUT2D eigenvalue weighted by atomic mass is 16.4. The molecule has 0 amide bonds. The van der Waals surface area contributed by atoms with Crippen LogP contribution in [0.2, 0.25) is 0 Å². The fourth-order valence-electron chi connectivity index (χ4n) is 1.98. The van der Waals surface area contributed by atoms with E-state index in [-0.39, 0.29) is 0 Å². The van der Waals surface area contributed by atoms with E-state index >= 15 is 0 Å². The van der Waals surface area contributed by atoms with Crippen LogP contribution >= 0.6 is 0 Å². The van der Waals surface area contributed by atoms with Crippen LogP contribution in [-0.2, 0) is 4.79 Å². The summed E-state index contributed by atoms with van der Waals surface area (Å²) in [6, 6.07) is 0. The second kappa shape index (κ2) is 9.49. The van der Waals surface area contributed by atoms with Crippen molar-refractivity contribution in [2.75, 3.05) is 0 Å². The second-order valence-corrected chi connectivity index (χ2v) is 5.77. The van der Waals surface area contributed by atoms with Crippen LogP contribution in [0.1, 0.15) is 85.0 Å². The second-order valence-electron chi connectivity index (χ2n) is 5.77. The predicted octanol–water partition coefficient (Wildman–Crippen LogP) is 5.02. The highest BCUT2D eigenvalue weighted by molar-refractivity contribution is 5.73. The molecular formula is C15H30O2. The molecular weight excluding hydrogens is 212 g/mol. The van der Waals surface area contributed by atoms with Crippen molar-refractivity contribution in [1.82, 2.24) is 0 Å². The number of hydrogen-bond donors (Lipinski definition) is 1. The van der Waals surface area contributed by atoms with Gasteiger partial charge in [0, 0.05) is 0 Å². The molecule has 0 saturated carbocycles. The van der Waals surface area contributed by atoms with Gasteiger partial charge in [-0.05, 0) is 20.3 Å². The van der Waals surface area contributed by atoms with Gasteiger partial charge in [0.05, 0.1) is 5.41 Å². The zero-order valence-corrected chi connectivity index (χ0v) is 11.9. The average Bonchev–Trinajstić information content (AvgIpc) is 2.26. The number of carboxylic acids is 1. The van der Waals surface area contributed by atoms with Gasteiger partial charge in [0.2, 0.25) is 0 Å². The molecule has 0 heterocycles. The normalized spacial score (nSPS) is 11.7. The van der Waals surface area contributed by atoms with Gasteiger partial charge in [0.25, 0.3) is 0 Å². The first-order valence-electron chi connectivity index (χ1n) is 7.24. The Labute approximate surface area is 107 Å². The van der Waals surface area contributed by atoms with Crippen LogP contribution in [0.15, 0.2) is 0 Å². The number of carbonyl (C=O) groups is 1. The summed E-state index contributed by atoms with van der Waals surface area (Å²) in [5.74, 6) is -0.669. The Hall–Kier alpha value is -0.530. The Bertz CT molecular complexity index is 197. The Morgan fingerprint density at radius 1 is 0.882 bits per heavy atom. The SMILES string of the molecule is CCCCCCCCCCCC(C)(C)C(=O)O. The van der Waals surface area contributed by atoms with Gasteiger partial charge in [0.1, 0.15) is 0 Å². The van der Waals surface area contributed by atoms with Crippen molar-refractivity contribution >= 4 is 5.97 Å². The molecule has 0 aliphatic carbocycles. The summed E-state index contributed by atoms with van der Waals surface area (Å²) >= 11 is 0. The van der Waals surface area contributed by atoms with Crippen LogP contribution in [0.4, 0.5) is 0 Å². The van der Waals surface area contributed by atoms with E-state index in [4.69, 9.17) is 5.11 Å². The van der Waals surface area contributed by atoms with Crippen molar-refractivity contribution in [3.05, 3.63) is 0 Å². The Morgan fingerprint density at radius 3 is 1.71 bits per heavy atom. The van der Waals surface area contributed by atoms with E-state index in [0.717, 1.165) is 12.8 Å². The lowest BCUT2D eigenvalue weighted by Gasteiger charge is -2.18. The van der Waals surface area contributed by atoms with Crippen LogP contribution in [-0.4, -0.2) is 11.1 Å². The maximum atomic E-state index is 10.9. The molecule has 0 saturated heterocycles. The van der Waals surface area contributed by atoms with E-state index < -0.39 is 11.4 Å². The van der Waals surface area contributed by atoms with E-state index in [9.17, 15) is 4.79 Å². The van der Waals surface area contributed by atoms with Crippen molar-refractivity contribution in [1.29, 1.82) is 0 Å². The van der Waals surface area contributed by atoms with Gasteiger partial charge >= 0.3 is 5.97 Å². The molecule has 0 unspecified atom stereocenters. The molecule has 0 aromatic rings. The number of carboxylic acid groups (broad SMARTS) is 1. The number of hydrogen-bond acceptors (Lipinski definition) is 1. The molecule has 0 aliphatic heterocycles. The largest absolute Gasteiger partial charge is 0.481 e. The van der Waals surface area contributed by atoms with E-state index in [1.165, 1.54) is 51.4 Å². The van der Waals surface area contributed by atoms with Gasteiger partial charge in [-0.1, -0.05) is 64.7 Å². The standard InChI is InChI=1S/C15H30O2/c1-4-5-6-7-8-9-10-11-12-13-15(2,3)14(16)17/h4-13H2,1-3H3,(H,16,17). The molecule has 0 spiro atoms. The molecule has 1 N–H and O–H groups in total. The lowest BCUT2D eigenvalue weighted by Crippen LogP contribution is -2.23. The summed E-state index contributed by atoms with van der Waals surface area (Å²) in [4.78, 5) is 10.9. The van der Waals surface area contributed by atoms with Gasteiger partial charge in [-0.25, -0.2) is 0 Å². The number of unbranched alkanes of at least 4 members (excludes halogenated alkanes) is 8. The molecule has 0 aromatic heterocycles. The first-order valence-corrected chi connectivity index (χ1v) is 7.24. The Balaban J connectivity index is 3.27. The molecule has 0 aliphatic rings. The minimum absolute atomic E-state index is 0.541. The third-order valence-corrected chi connectivity index (χ3v) is 3.48. The van der Waals surface area contributed by atoms with Crippen LogP contribution in [0.3, 0.4) is 0 Å². The van der Waals surface area contributed by atoms with E-state index in [1.807, 2.05) is 13.8 Å². The van der Waals surface area contributed by atoms with Crippen molar-refractivity contribution in [3.63, 3.8) is 0 Å². The van der Waals surface area contributed by atoms with E-state index in [2.05, 4.69) is 6.92 Å². The minimum atomic E-state index is -0.669. The van der Waals surface area contributed by atoms with Crippen LogP contribution in [0.5, 0.6) is 0 Å². The molecule has 0 bridgehead atoms. The topological polar surface area (TPSA) is 37.3 Å². The molecule has 17 heavy (non-hydrogen) atoms. The van der Waals surface area contributed by atoms with Crippen molar-refractivity contribution in [2.24, 2.45) is 5.41 Å². The zero-order chi connectivity index (χ0) is 13.1.